The number of rotatable bonds is 9. The predicted molar refractivity (Wildman–Crippen MR) is 93.9 cm³/mol. The zero-order chi connectivity index (χ0) is 15.8. The average molecular weight is 354 g/mol. The summed E-state index contributed by atoms with van der Waals surface area (Å²) >= 11 is 3.47. The van der Waals surface area contributed by atoms with E-state index in [2.05, 4.69) is 48.5 Å². The van der Waals surface area contributed by atoms with Crippen LogP contribution in [0, 0.1) is 5.92 Å². The molecule has 0 saturated carbocycles. The van der Waals surface area contributed by atoms with Gasteiger partial charge in [-0.05, 0) is 24.8 Å². The molecule has 0 heterocycles. The Hall–Kier alpha value is -0.670. The fourth-order valence-electron chi connectivity index (χ4n) is 2.76. The van der Waals surface area contributed by atoms with E-state index in [0.717, 1.165) is 36.0 Å². The van der Waals surface area contributed by atoms with Gasteiger partial charge in [0, 0.05) is 35.6 Å². The Labute approximate surface area is 138 Å². The van der Waals surface area contributed by atoms with Crippen molar-refractivity contribution in [2.24, 2.45) is 5.92 Å². The molecule has 3 heteroatoms. The largest absolute Gasteiger partial charge is 0.300 e. The lowest BCUT2D eigenvalue weighted by Gasteiger charge is -2.31. The summed E-state index contributed by atoms with van der Waals surface area (Å²) in [5, 5.41) is 0. The number of carbonyl (C=O) groups excluding carboxylic acids is 1. The molecule has 0 aliphatic heterocycles. The van der Waals surface area contributed by atoms with Crippen molar-refractivity contribution in [3.05, 3.63) is 34.3 Å². The Morgan fingerprint density at radius 2 is 1.81 bits per heavy atom. The fraction of sp³-hybridized carbons (Fsp3) is 0.611. The highest BCUT2D eigenvalue weighted by atomic mass is 79.9. The topological polar surface area (TPSA) is 20.3 Å². The average Bonchev–Trinajstić information content (AvgIpc) is 2.45. The van der Waals surface area contributed by atoms with E-state index in [1.165, 1.54) is 0 Å². The minimum absolute atomic E-state index is 0.224. The van der Waals surface area contributed by atoms with E-state index in [-0.39, 0.29) is 5.78 Å². The van der Waals surface area contributed by atoms with Crippen molar-refractivity contribution in [2.45, 2.75) is 53.0 Å². The maximum Gasteiger partial charge on any atom is 0.165 e. The zero-order valence-electron chi connectivity index (χ0n) is 13.7. The van der Waals surface area contributed by atoms with E-state index >= 15 is 0 Å². The molecule has 1 aromatic rings. The van der Waals surface area contributed by atoms with Crippen molar-refractivity contribution in [2.75, 3.05) is 13.1 Å². The molecule has 0 atom stereocenters. The summed E-state index contributed by atoms with van der Waals surface area (Å²) in [7, 11) is 0. The number of hydrogen-bond donors (Lipinski definition) is 0. The normalized spacial score (nSPS) is 11.6. The molecule has 0 aliphatic carbocycles. The number of Topliss-reactive ketones (excluding diaryl/α,β-unsaturated/α-hetero) is 1. The SMILES string of the molecule is CCC(CC)N(CCC(=O)c1ccccc1Br)CC(C)C. The summed E-state index contributed by atoms with van der Waals surface area (Å²) in [6.45, 7) is 10.9. The van der Waals surface area contributed by atoms with Crippen LogP contribution in [0.25, 0.3) is 0 Å². The van der Waals surface area contributed by atoms with Gasteiger partial charge >= 0.3 is 0 Å². The van der Waals surface area contributed by atoms with Gasteiger partial charge in [0.15, 0.2) is 5.78 Å². The molecule has 0 unspecified atom stereocenters. The third kappa shape index (κ3) is 5.91. The van der Waals surface area contributed by atoms with Gasteiger partial charge in [0.25, 0.3) is 0 Å². The molecule has 0 radical (unpaired) electrons. The summed E-state index contributed by atoms with van der Waals surface area (Å²) in [5.41, 5.74) is 0.798. The van der Waals surface area contributed by atoms with Gasteiger partial charge in [-0.25, -0.2) is 0 Å². The second-order valence-corrected chi connectivity index (χ2v) is 6.87. The maximum atomic E-state index is 12.4. The molecule has 1 rings (SSSR count). The van der Waals surface area contributed by atoms with Crippen molar-refractivity contribution < 1.29 is 4.79 Å². The molecular weight excluding hydrogens is 326 g/mol. The molecule has 118 valence electrons. The lowest BCUT2D eigenvalue weighted by atomic mass is 10.0. The van der Waals surface area contributed by atoms with Crippen molar-refractivity contribution >= 4 is 21.7 Å². The van der Waals surface area contributed by atoms with E-state index in [4.69, 9.17) is 0 Å². The van der Waals surface area contributed by atoms with E-state index in [0.29, 0.717) is 18.4 Å². The molecule has 0 spiro atoms. The number of ketones is 1. The van der Waals surface area contributed by atoms with Crippen molar-refractivity contribution in [3.63, 3.8) is 0 Å². The van der Waals surface area contributed by atoms with Crippen LogP contribution in [0.4, 0.5) is 0 Å². The van der Waals surface area contributed by atoms with Crippen LogP contribution in [0.2, 0.25) is 0 Å². The van der Waals surface area contributed by atoms with Crippen LogP contribution in [0.15, 0.2) is 28.7 Å². The monoisotopic (exact) mass is 353 g/mol. The lowest BCUT2D eigenvalue weighted by Crippen LogP contribution is -2.38. The first-order valence-electron chi connectivity index (χ1n) is 8.01. The van der Waals surface area contributed by atoms with E-state index < -0.39 is 0 Å². The van der Waals surface area contributed by atoms with Gasteiger partial charge in [-0.1, -0.05) is 61.8 Å². The number of hydrogen-bond acceptors (Lipinski definition) is 2. The Morgan fingerprint density at radius 1 is 1.19 bits per heavy atom. The van der Waals surface area contributed by atoms with Crippen LogP contribution in [-0.4, -0.2) is 29.8 Å². The van der Waals surface area contributed by atoms with Crippen molar-refractivity contribution in [1.82, 2.24) is 4.90 Å². The second-order valence-electron chi connectivity index (χ2n) is 6.01. The first-order valence-corrected chi connectivity index (χ1v) is 8.80. The van der Waals surface area contributed by atoms with Crippen LogP contribution in [0.3, 0.4) is 0 Å². The van der Waals surface area contributed by atoms with Crippen LogP contribution in [0.1, 0.15) is 57.3 Å². The molecule has 0 bridgehead atoms. The molecule has 1 aromatic carbocycles. The number of benzene rings is 1. The van der Waals surface area contributed by atoms with Crippen LogP contribution in [0.5, 0.6) is 0 Å². The minimum atomic E-state index is 0.224. The fourth-order valence-corrected chi connectivity index (χ4v) is 3.27. The highest BCUT2D eigenvalue weighted by Gasteiger charge is 2.18. The van der Waals surface area contributed by atoms with E-state index in [1.54, 1.807) is 0 Å². The van der Waals surface area contributed by atoms with Crippen molar-refractivity contribution in [3.8, 4) is 0 Å². The molecule has 0 fully saturated rings. The van der Waals surface area contributed by atoms with Gasteiger partial charge < -0.3 is 0 Å². The molecule has 0 aliphatic rings. The van der Waals surface area contributed by atoms with Gasteiger partial charge in [-0.15, -0.1) is 0 Å². The summed E-state index contributed by atoms with van der Waals surface area (Å²) < 4.78 is 0.896. The minimum Gasteiger partial charge on any atom is -0.300 e. The first-order chi connectivity index (χ1) is 9.99. The quantitative estimate of drug-likeness (QED) is 0.570. The number of nitrogens with zero attached hydrogens (tertiary/aromatic N) is 1. The molecule has 0 amide bonds. The van der Waals surface area contributed by atoms with Crippen LogP contribution < -0.4 is 0 Å². The van der Waals surface area contributed by atoms with Crippen molar-refractivity contribution in [1.29, 1.82) is 0 Å². The number of halogens is 1. The third-order valence-electron chi connectivity index (χ3n) is 3.86. The lowest BCUT2D eigenvalue weighted by molar-refractivity contribution is 0.0936. The van der Waals surface area contributed by atoms with E-state index in [9.17, 15) is 4.79 Å². The molecule has 0 saturated heterocycles. The Morgan fingerprint density at radius 3 is 2.33 bits per heavy atom. The highest BCUT2D eigenvalue weighted by molar-refractivity contribution is 9.10. The van der Waals surface area contributed by atoms with Crippen LogP contribution >= 0.6 is 15.9 Å². The summed E-state index contributed by atoms with van der Waals surface area (Å²) in [5.74, 6) is 0.853. The first kappa shape index (κ1) is 18.4. The van der Waals surface area contributed by atoms with Gasteiger partial charge in [-0.2, -0.15) is 0 Å². The summed E-state index contributed by atoms with van der Waals surface area (Å²) in [6, 6.07) is 8.27. The van der Waals surface area contributed by atoms with E-state index in [1.807, 2.05) is 24.3 Å². The second kappa shape index (κ2) is 9.37. The highest BCUT2D eigenvalue weighted by Crippen LogP contribution is 2.19. The van der Waals surface area contributed by atoms with Crippen LogP contribution in [-0.2, 0) is 0 Å². The molecule has 21 heavy (non-hydrogen) atoms. The van der Waals surface area contributed by atoms with Gasteiger partial charge in [0.1, 0.15) is 0 Å². The molecule has 0 aromatic heterocycles. The third-order valence-corrected chi connectivity index (χ3v) is 4.55. The van der Waals surface area contributed by atoms with Gasteiger partial charge in [0.2, 0.25) is 0 Å². The molecule has 2 nitrogen and oxygen atoms in total. The predicted octanol–water partition coefficient (Wildman–Crippen LogP) is 5.17. The van der Waals surface area contributed by atoms with Gasteiger partial charge in [0.05, 0.1) is 0 Å². The Bertz CT molecular complexity index is 441. The summed E-state index contributed by atoms with van der Waals surface area (Å²) in [6.07, 6.45) is 2.88. The zero-order valence-corrected chi connectivity index (χ0v) is 15.3. The Kier molecular flexibility index (Phi) is 8.20. The number of carbonyl (C=O) groups is 1. The molecular formula is C18H28BrNO. The standard InChI is InChI=1S/C18H28BrNO/c1-5-15(6-2)20(13-14(3)4)12-11-18(21)16-9-7-8-10-17(16)19/h7-10,14-15H,5-6,11-13H2,1-4H3. The van der Waals surface area contributed by atoms with Gasteiger partial charge in [-0.3, -0.25) is 9.69 Å². The maximum absolute atomic E-state index is 12.4. The summed E-state index contributed by atoms with van der Waals surface area (Å²) in [4.78, 5) is 14.9. The molecule has 0 N–H and O–H groups in total. The smallest absolute Gasteiger partial charge is 0.165 e. The Balaban J connectivity index is 2.68.